The van der Waals surface area contributed by atoms with Gasteiger partial charge in [-0.3, -0.25) is 0 Å². The van der Waals surface area contributed by atoms with Crippen molar-refractivity contribution in [1.29, 1.82) is 0 Å². The lowest BCUT2D eigenvalue weighted by molar-refractivity contribution is 0.262. The summed E-state index contributed by atoms with van der Waals surface area (Å²) < 4.78 is 0. The maximum Gasteiger partial charge on any atom is 0.0303 e. The Morgan fingerprint density at radius 1 is 1.35 bits per heavy atom. The molecule has 0 amide bonds. The minimum Gasteiger partial charge on any atom is -0.386 e. The highest BCUT2D eigenvalue weighted by molar-refractivity contribution is 4.99. The van der Waals surface area contributed by atoms with Gasteiger partial charge in [0.25, 0.3) is 0 Å². The first kappa shape index (κ1) is 14.6. The Bertz CT molecular complexity index is 245. The monoisotopic (exact) mass is 238 g/mol. The Kier molecular flexibility index (Phi) is 5.51. The number of nitrogens with two attached hydrogens (primary N) is 1. The van der Waals surface area contributed by atoms with Crippen LogP contribution in [0.2, 0.25) is 0 Å². The molecule has 1 aliphatic carbocycles. The van der Waals surface area contributed by atoms with Gasteiger partial charge in [-0.05, 0) is 37.5 Å². The molecule has 0 bridgehead atoms. The van der Waals surface area contributed by atoms with Crippen LogP contribution in [0, 0.1) is 17.8 Å². The van der Waals surface area contributed by atoms with E-state index in [0.29, 0.717) is 23.9 Å². The standard InChI is InChI=1S/C15H30N2/c1-6-12(7-2)15(16)13-8-11(5)9-14(13)17-10(3)4/h11-15,17H,3,6-9,16H2,1-2,4-5H3. The van der Waals surface area contributed by atoms with Crippen LogP contribution >= 0.6 is 0 Å². The second-order valence-corrected chi connectivity index (χ2v) is 5.93. The average molecular weight is 238 g/mol. The minimum absolute atomic E-state index is 0.340. The minimum atomic E-state index is 0.340. The van der Waals surface area contributed by atoms with E-state index < -0.39 is 0 Å². The van der Waals surface area contributed by atoms with E-state index in [1.54, 1.807) is 0 Å². The van der Waals surface area contributed by atoms with E-state index in [-0.39, 0.29) is 0 Å². The molecule has 0 spiro atoms. The molecule has 4 unspecified atom stereocenters. The first-order chi connectivity index (χ1) is 7.99. The van der Waals surface area contributed by atoms with Gasteiger partial charge in [0.05, 0.1) is 0 Å². The van der Waals surface area contributed by atoms with Crippen molar-refractivity contribution < 1.29 is 0 Å². The third kappa shape index (κ3) is 3.74. The van der Waals surface area contributed by atoms with E-state index in [9.17, 15) is 0 Å². The van der Waals surface area contributed by atoms with Gasteiger partial charge >= 0.3 is 0 Å². The lowest BCUT2D eigenvalue weighted by Gasteiger charge is -2.32. The van der Waals surface area contributed by atoms with Crippen LogP contribution in [-0.2, 0) is 0 Å². The van der Waals surface area contributed by atoms with Crippen molar-refractivity contribution in [3.05, 3.63) is 12.3 Å². The third-order valence-electron chi connectivity index (χ3n) is 4.37. The van der Waals surface area contributed by atoms with Gasteiger partial charge in [-0.15, -0.1) is 0 Å². The molecule has 100 valence electrons. The maximum absolute atomic E-state index is 6.50. The summed E-state index contributed by atoms with van der Waals surface area (Å²) in [6.45, 7) is 12.9. The first-order valence-electron chi connectivity index (χ1n) is 7.17. The fourth-order valence-corrected chi connectivity index (χ4v) is 3.42. The fraction of sp³-hybridized carbons (Fsp3) is 0.867. The van der Waals surface area contributed by atoms with E-state index in [1.807, 2.05) is 6.92 Å². The van der Waals surface area contributed by atoms with Crippen LogP contribution in [0.1, 0.15) is 53.4 Å². The summed E-state index contributed by atoms with van der Waals surface area (Å²) in [5, 5.41) is 3.53. The zero-order valence-electron chi connectivity index (χ0n) is 12.0. The molecule has 4 atom stereocenters. The highest BCUT2D eigenvalue weighted by Gasteiger charge is 2.37. The van der Waals surface area contributed by atoms with Crippen LogP contribution in [0.15, 0.2) is 12.3 Å². The molecule has 1 saturated carbocycles. The molecule has 0 saturated heterocycles. The summed E-state index contributed by atoms with van der Waals surface area (Å²) in [6.07, 6.45) is 4.90. The van der Waals surface area contributed by atoms with Gasteiger partial charge in [-0.25, -0.2) is 0 Å². The summed E-state index contributed by atoms with van der Waals surface area (Å²) in [6, 6.07) is 0.880. The molecule has 0 heterocycles. The summed E-state index contributed by atoms with van der Waals surface area (Å²) in [5.74, 6) is 2.07. The van der Waals surface area contributed by atoms with E-state index >= 15 is 0 Å². The lowest BCUT2D eigenvalue weighted by atomic mass is 9.82. The number of allylic oxidation sites excluding steroid dienone is 1. The molecule has 2 heteroatoms. The van der Waals surface area contributed by atoms with E-state index in [2.05, 4.69) is 32.7 Å². The molecule has 1 rings (SSSR count). The average Bonchev–Trinajstić information content (AvgIpc) is 2.60. The van der Waals surface area contributed by atoms with Gasteiger partial charge in [0.15, 0.2) is 0 Å². The molecule has 2 nitrogen and oxygen atoms in total. The number of hydrogen-bond donors (Lipinski definition) is 2. The van der Waals surface area contributed by atoms with E-state index in [0.717, 1.165) is 11.6 Å². The van der Waals surface area contributed by atoms with Crippen molar-refractivity contribution >= 4 is 0 Å². The van der Waals surface area contributed by atoms with Crippen LogP contribution in [0.3, 0.4) is 0 Å². The van der Waals surface area contributed by atoms with Crippen LogP contribution in [0.25, 0.3) is 0 Å². The Hall–Kier alpha value is -0.500. The molecule has 1 aliphatic rings. The van der Waals surface area contributed by atoms with Crippen molar-refractivity contribution in [2.75, 3.05) is 0 Å². The molecule has 0 aliphatic heterocycles. The van der Waals surface area contributed by atoms with Crippen LogP contribution in [-0.4, -0.2) is 12.1 Å². The zero-order valence-corrected chi connectivity index (χ0v) is 12.0. The van der Waals surface area contributed by atoms with Gasteiger partial charge in [-0.1, -0.05) is 40.2 Å². The molecule has 1 fully saturated rings. The fourth-order valence-electron chi connectivity index (χ4n) is 3.42. The number of rotatable bonds is 6. The van der Waals surface area contributed by atoms with Crippen LogP contribution in [0.4, 0.5) is 0 Å². The summed E-state index contributed by atoms with van der Waals surface area (Å²) >= 11 is 0. The van der Waals surface area contributed by atoms with Crippen LogP contribution < -0.4 is 11.1 Å². The highest BCUT2D eigenvalue weighted by Crippen LogP contribution is 2.36. The second kappa shape index (κ2) is 6.44. The quantitative estimate of drug-likeness (QED) is 0.745. The Morgan fingerprint density at radius 3 is 2.41 bits per heavy atom. The van der Waals surface area contributed by atoms with Gasteiger partial charge in [0.1, 0.15) is 0 Å². The van der Waals surface area contributed by atoms with Crippen molar-refractivity contribution in [2.24, 2.45) is 23.5 Å². The first-order valence-corrected chi connectivity index (χ1v) is 7.17. The van der Waals surface area contributed by atoms with Crippen molar-refractivity contribution in [3.8, 4) is 0 Å². The largest absolute Gasteiger partial charge is 0.386 e. The van der Waals surface area contributed by atoms with Gasteiger partial charge < -0.3 is 11.1 Å². The molecular formula is C15H30N2. The predicted molar refractivity (Wildman–Crippen MR) is 75.7 cm³/mol. The van der Waals surface area contributed by atoms with Crippen LogP contribution in [0.5, 0.6) is 0 Å². The van der Waals surface area contributed by atoms with Gasteiger partial charge in [0, 0.05) is 17.8 Å². The van der Waals surface area contributed by atoms with Gasteiger partial charge in [-0.2, -0.15) is 0 Å². The number of nitrogens with one attached hydrogen (secondary N) is 1. The number of hydrogen-bond acceptors (Lipinski definition) is 2. The second-order valence-electron chi connectivity index (χ2n) is 5.93. The molecular weight excluding hydrogens is 208 g/mol. The Balaban J connectivity index is 2.68. The topological polar surface area (TPSA) is 38.0 Å². The molecule has 3 N–H and O–H groups in total. The summed E-state index contributed by atoms with van der Waals surface area (Å²) in [4.78, 5) is 0. The third-order valence-corrected chi connectivity index (χ3v) is 4.37. The molecule has 0 aromatic heterocycles. The SMILES string of the molecule is C=C(C)NC1CC(C)CC1C(N)C(CC)CC. The summed E-state index contributed by atoms with van der Waals surface area (Å²) in [7, 11) is 0. The Morgan fingerprint density at radius 2 is 1.94 bits per heavy atom. The van der Waals surface area contributed by atoms with Crippen molar-refractivity contribution in [2.45, 2.75) is 65.5 Å². The zero-order chi connectivity index (χ0) is 13.0. The van der Waals surface area contributed by atoms with Crippen molar-refractivity contribution in [3.63, 3.8) is 0 Å². The highest BCUT2D eigenvalue weighted by atomic mass is 14.9. The van der Waals surface area contributed by atoms with Crippen molar-refractivity contribution in [1.82, 2.24) is 5.32 Å². The van der Waals surface area contributed by atoms with E-state index in [4.69, 9.17) is 5.73 Å². The smallest absolute Gasteiger partial charge is 0.0303 e. The predicted octanol–water partition coefficient (Wildman–Crippen LogP) is 3.29. The normalized spacial score (nSPS) is 30.6. The summed E-state index contributed by atoms with van der Waals surface area (Å²) in [5.41, 5.74) is 7.58. The lowest BCUT2D eigenvalue weighted by Crippen LogP contribution is -2.45. The molecule has 0 radical (unpaired) electrons. The van der Waals surface area contributed by atoms with Gasteiger partial charge in [0.2, 0.25) is 0 Å². The van der Waals surface area contributed by atoms with E-state index in [1.165, 1.54) is 25.7 Å². The Labute approximate surface area is 107 Å². The molecule has 17 heavy (non-hydrogen) atoms. The maximum atomic E-state index is 6.50. The molecule has 0 aromatic carbocycles. The molecule has 0 aromatic rings.